The normalized spacial score (nSPS) is 10.9. The Morgan fingerprint density at radius 2 is 1.71 bits per heavy atom. The Bertz CT molecular complexity index is 1250. The number of carbonyl (C=O) groups is 1. The van der Waals surface area contributed by atoms with E-state index in [2.05, 4.69) is 40.7 Å². The van der Waals surface area contributed by atoms with Gasteiger partial charge in [-0.1, -0.05) is 61.0 Å². The molecule has 4 aromatic rings. The molecule has 5 heteroatoms. The first-order valence-corrected chi connectivity index (χ1v) is 12.4. The highest BCUT2D eigenvalue weighted by Crippen LogP contribution is 2.21. The summed E-state index contributed by atoms with van der Waals surface area (Å²) in [6.45, 7) is 5.85. The van der Waals surface area contributed by atoms with E-state index in [1.54, 1.807) is 0 Å². The standard InChI is InChI=1S/C30H33N3O2/c1-2-13-24-14-8-11-19-28(24)35-23-22-33-27-18-10-9-17-26(27)32-29(33)20-7-4-12-21-31-30(34)25-15-5-3-6-16-25/h2-3,5-6,8-11,14-19H,1,4,7,12-13,20-23H2,(H,31,34). The molecule has 4 rings (SSSR count). The van der Waals surface area contributed by atoms with Crippen molar-refractivity contribution in [3.63, 3.8) is 0 Å². The van der Waals surface area contributed by atoms with Gasteiger partial charge >= 0.3 is 0 Å². The Morgan fingerprint density at radius 3 is 2.57 bits per heavy atom. The van der Waals surface area contributed by atoms with Gasteiger partial charge in [0.2, 0.25) is 0 Å². The summed E-state index contributed by atoms with van der Waals surface area (Å²) in [6, 6.07) is 25.7. The summed E-state index contributed by atoms with van der Waals surface area (Å²) in [5, 5.41) is 3.01. The number of para-hydroxylation sites is 3. The van der Waals surface area contributed by atoms with Crippen molar-refractivity contribution in [2.75, 3.05) is 13.2 Å². The lowest BCUT2D eigenvalue weighted by molar-refractivity contribution is 0.0953. The number of hydrogen-bond acceptors (Lipinski definition) is 3. The zero-order valence-electron chi connectivity index (χ0n) is 20.2. The number of hydrogen-bond donors (Lipinski definition) is 1. The van der Waals surface area contributed by atoms with Crippen LogP contribution in [0.25, 0.3) is 11.0 Å². The summed E-state index contributed by atoms with van der Waals surface area (Å²) >= 11 is 0. The van der Waals surface area contributed by atoms with Gasteiger partial charge in [0.15, 0.2) is 0 Å². The number of rotatable bonds is 13. The van der Waals surface area contributed by atoms with Crippen molar-refractivity contribution in [2.45, 2.75) is 38.6 Å². The average molecular weight is 468 g/mol. The van der Waals surface area contributed by atoms with E-state index in [0.717, 1.165) is 66.8 Å². The fourth-order valence-electron chi connectivity index (χ4n) is 4.26. The lowest BCUT2D eigenvalue weighted by Gasteiger charge is -2.13. The maximum Gasteiger partial charge on any atom is 0.251 e. The summed E-state index contributed by atoms with van der Waals surface area (Å²) in [5.41, 5.74) is 4.01. The highest BCUT2D eigenvalue weighted by Gasteiger charge is 2.11. The van der Waals surface area contributed by atoms with Gasteiger partial charge in [-0.2, -0.15) is 0 Å². The number of aryl methyl sites for hydroxylation is 1. The Balaban J connectivity index is 1.29. The molecule has 0 radical (unpaired) electrons. The van der Waals surface area contributed by atoms with Crippen molar-refractivity contribution in [3.8, 4) is 5.75 Å². The number of carbonyl (C=O) groups excluding carboxylic acids is 1. The molecule has 1 N–H and O–H groups in total. The number of imidazole rings is 1. The third-order valence-electron chi connectivity index (χ3n) is 6.04. The van der Waals surface area contributed by atoms with Gasteiger partial charge in [-0.15, -0.1) is 6.58 Å². The Morgan fingerprint density at radius 1 is 0.943 bits per heavy atom. The minimum atomic E-state index is -0.0120. The second kappa shape index (κ2) is 12.6. The molecule has 180 valence electrons. The van der Waals surface area contributed by atoms with Gasteiger partial charge in [0.25, 0.3) is 5.91 Å². The maximum atomic E-state index is 12.2. The number of nitrogens with zero attached hydrogens (tertiary/aromatic N) is 2. The summed E-state index contributed by atoms with van der Waals surface area (Å²) in [5.74, 6) is 1.99. The molecule has 3 aromatic carbocycles. The highest BCUT2D eigenvalue weighted by molar-refractivity contribution is 5.94. The zero-order chi connectivity index (χ0) is 24.3. The van der Waals surface area contributed by atoms with Crippen LogP contribution in [0, 0.1) is 0 Å². The van der Waals surface area contributed by atoms with E-state index in [1.807, 2.05) is 60.7 Å². The summed E-state index contributed by atoms with van der Waals surface area (Å²) in [4.78, 5) is 17.1. The van der Waals surface area contributed by atoms with Crippen LogP contribution in [0.2, 0.25) is 0 Å². The van der Waals surface area contributed by atoms with Crippen molar-refractivity contribution in [2.24, 2.45) is 0 Å². The Labute approximate surface area is 207 Å². The summed E-state index contributed by atoms with van der Waals surface area (Å²) in [7, 11) is 0. The Hall–Kier alpha value is -3.86. The van der Waals surface area contributed by atoms with Crippen LogP contribution in [-0.2, 0) is 19.4 Å². The molecule has 0 aliphatic heterocycles. The minimum absolute atomic E-state index is 0.0120. The number of unbranched alkanes of at least 4 members (excludes halogenated alkanes) is 2. The van der Waals surface area contributed by atoms with Crippen LogP contribution in [0.15, 0.2) is 91.5 Å². The van der Waals surface area contributed by atoms with Gasteiger partial charge in [-0.05, 0) is 55.2 Å². The van der Waals surface area contributed by atoms with Crippen molar-refractivity contribution in [1.29, 1.82) is 0 Å². The SMILES string of the molecule is C=CCc1ccccc1OCCn1c(CCCCCNC(=O)c2ccccc2)nc2ccccc21. The largest absolute Gasteiger partial charge is 0.491 e. The van der Waals surface area contributed by atoms with Gasteiger partial charge in [0.1, 0.15) is 18.2 Å². The first kappa shape index (κ1) is 24.3. The molecule has 0 atom stereocenters. The van der Waals surface area contributed by atoms with Crippen molar-refractivity contribution in [3.05, 3.63) is 108 Å². The number of allylic oxidation sites excluding steroid dienone is 1. The van der Waals surface area contributed by atoms with Crippen LogP contribution in [0.4, 0.5) is 0 Å². The lowest BCUT2D eigenvalue weighted by atomic mass is 10.1. The molecule has 0 bridgehead atoms. The topological polar surface area (TPSA) is 56.1 Å². The lowest BCUT2D eigenvalue weighted by Crippen LogP contribution is -2.24. The third-order valence-corrected chi connectivity index (χ3v) is 6.04. The quantitative estimate of drug-likeness (QED) is 0.194. The molecule has 1 heterocycles. The van der Waals surface area contributed by atoms with Gasteiger partial charge < -0.3 is 14.6 Å². The number of nitrogens with one attached hydrogen (secondary N) is 1. The van der Waals surface area contributed by atoms with Gasteiger partial charge in [-0.3, -0.25) is 4.79 Å². The molecule has 0 saturated heterocycles. The third kappa shape index (κ3) is 6.60. The maximum absolute atomic E-state index is 12.2. The Kier molecular flexibility index (Phi) is 8.71. The predicted molar refractivity (Wildman–Crippen MR) is 142 cm³/mol. The fourth-order valence-corrected chi connectivity index (χ4v) is 4.26. The first-order chi connectivity index (χ1) is 17.3. The fraction of sp³-hybridized carbons (Fsp3) is 0.267. The monoisotopic (exact) mass is 467 g/mol. The minimum Gasteiger partial charge on any atom is -0.491 e. The highest BCUT2D eigenvalue weighted by atomic mass is 16.5. The van der Waals surface area contributed by atoms with Crippen LogP contribution < -0.4 is 10.1 Å². The van der Waals surface area contributed by atoms with Crippen molar-refractivity contribution >= 4 is 16.9 Å². The molecule has 0 spiro atoms. The van der Waals surface area contributed by atoms with E-state index in [-0.39, 0.29) is 5.91 Å². The van der Waals surface area contributed by atoms with Crippen LogP contribution in [0.3, 0.4) is 0 Å². The van der Waals surface area contributed by atoms with Gasteiger partial charge in [0, 0.05) is 18.5 Å². The van der Waals surface area contributed by atoms with Crippen LogP contribution in [0.5, 0.6) is 5.75 Å². The molecule has 0 unspecified atom stereocenters. The first-order valence-electron chi connectivity index (χ1n) is 12.4. The molecular weight excluding hydrogens is 434 g/mol. The van der Waals surface area contributed by atoms with Crippen LogP contribution in [-0.4, -0.2) is 28.6 Å². The molecule has 1 aromatic heterocycles. The number of ether oxygens (including phenoxy) is 1. The molecular formula is C30H33N3O2. The molecule has 0 fully saturated rings. The van der Waals surface area contributed by atoms with E-state index < -0.39 is 0 Å². The number of aromatic nitrogens is 2. The number of fused-ring (bicyclic) bond motifs is 1. The molecule has 1 amide bonds. The van der Waals surface area contributed by atoms with Crippen LogP contribution in [0.1, 0.15) is 41.0 Å². The second-order valence-electron chi connectivity index (χ2n) is 8.55. The number of benzene rings is 3. The van der Waals surface area contributed by atoms with Gasteiger partial charge in [-0.25, -0.2) is 4.98 Å². The second-order valence-corrected chi connectivity index (χ2v) is 8.55. The van der Waals surface area contributed by atoms with E-state index in [9.17, 15) is 4.79 Å². The smallest absolute Gasteiger partial charge is 0.251 e. The van der Waals surface area contributed by atoms with Crippen LogP contribution >= 0.6 is 0 Å². The van der Waals surface area contributed by atoms with Gasteiger partial charge in [0.05, 0.1) is 17.6 Å². The molecule has 5 nitrogen and oxygen atoms in total. The predicted octanol–water partition coefficient (Wildman–Crippen LogP) is 5.99. The van der Waals surface area contributed by atoms with E-state index in [1.165, 1.54) is 0 Å². The van der Waals surface area contributed by atoms with Crippen molar-refractivity contribution < 1.29 is 9.53 Å². The molecule has 0 saturated carbocycles. The van der Waals surface area contributed by atoms with E-state index in [0.29, 0.717) is 18.7 Å². The number of amides is 1. The zero-order valence-corrected chi connectivity index (χ0v) is 20.2. The van der Waals surface area contributed by atoms with E-state index >= 15 is 0 Å². The molecule has 0 aliphatic carbocycles. The van der Waals surface area contributed by atoms with E-state index in [4.69, 9.17) is 9.72 Å². The average Bonchev–Trinajstić information content (AvgIpc) is 3.25. The summed E-state index contributed by atoms with van der Waals surface area (Å²) < 4.78 is 8.43. The molecule has 35 heavy (non-hydrogen) atoms. The summed E-state index contributed by atoms with van der Waals surface area (Å²) in [6.07, 6.45) is 6.59. The molecule has 0 aliphatic rings. The van der Waals surface area contributed by atoms with Crippen molar-refractivity contribution in [1.82, 2.24) is 14.9 Å².